The summed E-state index contributed by atoms with van der Waals surface area (Å²) in [5, 5.41) is 4.12. The predicted octanol–water partition coefficient (Wildman–Crippen LogP) is 3.00. The topological polar surface area (TPSA) is 64.0 Å². The van der Waals surface area contributed by atoms with E-state index in [-0.39, 0.29) is 6.04 Å². The summed E-state index contributed by atoms with van der Waals surface area (Å²) in [5.74, 6) is 0.693. The highest BCUT2D eigenvalue weighted by atomic mass is 32.2. The average molecular weight is 327 g/mol. The number of nitrogens with zero attached hydrogens (tertiary/aromatic N) is 2. The van der Waals surface area contributed by atoms with Gasteiger partial charge in [-0.25, -0.2) is 13.1 Å². The fourth-order valence-corrected chi connectivity index (χ4v) is 4.93. The molecule has 0 amide bonds. The molecular weight excluding hydrogens is 298 g/mol. The lowest BCUT2D eigenvalue weighted by molar-refractivity contribution is 0.142. The first-order valence-electron chi connectivity index (χ1n) is 8.18. The van der Waals surface area contributed by atoms with E-state index in [1.165, 1.54) is 6.42 Å². The monoisotopic (exact) mass is 327 g/mol. The van der Waals surface area contributed by atoms with Gasteiger partial charge >= 0.3 is 0 Å². The van der Waals surface area contributed by atoms with Gasteiger partial charge in [-0.3, -0.25) is 4.68 Å². The van der Waals surface area contributed by atoms with Crippen molar-refractivity contribution in [2.45, 2.75) is 70.7 Å². The second-order valence-electron chi connectivity index (χ2n) is 7.26. The fraction of sp³-hybridized carbons (Fsp3) is 0.812. The first-order chi connectivity index (χ1) is 10.2. The second-order valence-corrected chi connectivity index (χ2v) is 8.95. The molecule has 1 N–H and O–H groups in total. The van der Waals surface area contributed by atoms with Crippen LogP contribution < -0.4 is 4.72 Å². The molecule has 0 radical (unpaired) electrons. The summed E-state index contributed by atoms with van der Waals surface area (Å²) in [6.45, 7) is 8.61. The third kappa shape index (κ3) is 3.71. The summed E-state index contributed by atoms with van der Waals surface area (Å²) in [6.07, 6.45) is 6.78. The van der Waals surface area contributed by atoms with E-state index in [0.29, 0.717) is 21.9 Å². The van der Waals surface area contributed by atoms with Crippen LogP contribution >= 0.6 is 0 Å². The van der Waals surface area contributed by atoms with Gasteiger partial charge in [-0.1, -0.05) is 27.2 Å². The highest BCUT2D eigenvalue weighted by Crippen LogP contribution is 2.40. The molecule has 0 unspecified atom stereocenters. The number of aryl methyl sites for hydroxylation is 2. The Morgan fingerprint density at radius 2 is 1.91 bits per heavy atom. The van der Waals surface area contributed by atoms with Crippen LogP contribution in [0.3, 0.4) is 0 Å². The largest absolute Gasteiger partial charge is 0.274 e. The van der Waals surface area contributed by atoms with Crippen LogP contribution in [0.4, 0.5) is 0 Å². The number of sulfonamides is 1. The van der Waals surface area contributed by atoms with Crippen LogP contribution in [-0.2, 0) is 17.1 Å². The lowest BCUT2D eigenvalue weighted by Crippen LogP contribution is -2.39. The zero-order valence-electron chi connectivity index (χ0n) is 14.4. The third-order valence-corrected chi connectivity index (χ3v) is 6.95. The number of rotatable bonds is 5. The lowest BCUT2D eigenvalue weighted by Gasteiger charge is -2.38. The number of hydrogen-bond acceptors (Lipinski definition) is 3. The molecule has 1 aromatic rings. The van der Waals surface area contributed by atoms with E-state index in [0.717, 1.165) is 25.7 Å². The minimum absolute atomic E-state index is 0.0495. The van der Waals surface area contributed by atoms with Gasteiger partial charge in [0, 0.05) is 19.3 Å². The standard InChI is InChI=1S/C16H29N3O2S/c1-6-16(3,4)13-7-9-14(10-8-13)18-22(20,21)15-11-19(5)17-12(15)2/h11,13-14,18H,6-10H2,1-5H3. The zero-order valence-corrected chi connectivity index (χ0v) is 15.2. The Kier molecular flexibility index (Phi) is 5.02. The van der Waals surface area contributed by atoms with Crippen LogP contribution in [0.5, 0.6) is 0 Å². The van der Waals surface area contributed by atoms with Crippen LogP contribution in [0.2, 0.25) is 0 Å². The molecule has 1 fully saturated rings. The molecule has 2 rings (SSSR count). The van der Waals surface area contributed by atoms with Gasteiger partial charge < -0.3 is 0 Å². The van der Waals surface area contributed by atoms with Crippen molar-refractivity contribution in [3.8, 4) is 0 Å². The quantitative estimate of drug-likeness (QED) is 0.904. The van der Waals surface area contributed by atoms with Crippen LogP contribution in [0.25, 0.3) is 0 Å². The van der Waals surface area contributed by atoms with Gasteiger partial charge in [0.05, 0.1) is 5.69 Å². The molecule has 1 saturated carbocycles. The second kappa shape index (κ2) is 6.32. The zero-order chi connectivity index (χ0) is 16.5. The summed E-state index contributed by atoms with van der Waals surface area (Å²) in [5.41, 5.74) is 0.903. The molecule has 6 heteroatoms. The van der Waals surface area contributed by atoms with Gasteiger partial charge in [0.2, 0.25) is 10.0 Å². The van der Waals surface area contributed by atoms with Crippen molar-refractivity contribution in [1.82, 2.24) is 14.5 Å². The summed E-state index contributed by atoms with van der Waals surface area (Å²) in [4.78, 5) is 0.297. The minimum atomic E-state index is -3.46. The van der Waals surface area contributed by atoms with Crippen LogP contribution in [0.1, 0.15) is 58.6 Å². The Morgan fingerprint density at radius 1 is 1.32 bits per heavy atom. The van der Waals surface area contributed by atoms with Crippen molar-refractivity contribution in [2.24, 2.45) is 18.4 Å². The van der Waals surface area contributed by atoms with Crippen molar-refractivity contribution < 1.29 is 8.42 Å². The van der Waals surface area contributed by atoms with Gasteiger partial charge in [-0.05, 0) is 43.9 Å². The smallest absolute Gasteiger partial charge is 0.244 e. The van der Waals surface area contributed by atoms with Crippen LogP contribution in [0.15, 0.2) is 11.1 Å². The third-order valence-electron chi connectivity index (χ3n) is 5.32. The van der Waals surface area contributed by atoms with Crippen molar-refractivity contribution in [2.75, 3.05) is 0 Å². The lowest BCUT2D eigenvalue weighted by atomic mass is 9.69. The van der Waals surface area contributed by atoms with Crippen molar-refractivity contribution in [1.29, 1.82) is 0 Å². The van der Waals surface area contributed by atoms with Crippen LogP contribution in [-0.4, -0.2) is 24.2 Å². The van der Waals surface area contributed by atoms with E-state index < -0.39 is 10.0 Å². The molecule has 0 bridgehead atoms. The van der Waals surface area contributed by atoms with E-state index in [1.54, 1.807) is 24.9 Å². The molecule has 0 aliphatic heterocycles. The molecule has 1 aliphatic rings. The maximum atomic E-state index is 12.5. The molecule has 0 atom stereocenters. The molecule has 0 saturated heterocycles. The SMILES string of the molecule is CCC(C)(C)C1CCC(NS(=O)(=O)c2cn(C)nc2C)CC1. The first kappa shape index (κ1) is 17.5. The van der Waals surface area contributed by atoms with Gasteiger partial charge in [0.25, 0.3) is 0 Å². The van der Waals surface area contributed by atoms with Crippen molar-refractivity contribution in [3.05, 3.63) is 11.9 Å². The van der Waals surface area contributed by atoms with Gasteiger partial charge in [0.15, 0.2) is 0 Å². The van der Waals surface area contributed by atoms with Crippen molar-refractivity contribution >= 4 is 10.0 Å². The summed E-state index contributed by atoms with van der Waals surface area (Å²) in [7, 11) is -1.72. The summed E-state index contributed by atoms with van der Waals surface area (Å²) in [6, 6.07) is 0.0495. The number of nitrogens with one attached hydrogen (secondary N) is 1. The Balaban J connectivity index is 2.00. The first-order valence-corrected chi connectivity index (χ1v) is 9.66. The van der Waals surface area contributed by atoms with E-state index in [4.69, 9.17) is 0 Å². The molecule has 1 aliphatic carbocycles. The highest BCUT2D eigenvalue weighted by molar-refractivity contribution is 7.89. The summed E-state index contributed by atoms with van der Waals surface area (Å²) < 4.78 is 29.4. The molecule has 5 nitrogen and oxygen atoms in total. The maximum absolute atomic E-state index is 12.5. The van der Waals surface area contributed by atoms with Gasteiger partial charge in [-0.2, -0.15) is 5.10 Å². The molecule has 0 spiro atoms. The maximum Gasteiger partial charge on any atom is 0.244 e. The highest BCUT2D eigenvalue weighted by Gasteiger charge is 2.33. The molecule has 0 aromatic carbocycles. The molecule has 1 heterocycles. The molecule has 1 aromatic heterocycles. The molecule has 126 valence electrons. The van der Waals surface area contributed by atoms with E-state index >= 15 is 0 Å². The Labute approximate surface area is 134 Å². The minimum Gasteiger partial charge on any atom is -0.274 e. The van der Waals surface area contributed by atoms with Gasteiger partial charge in [-0.15, -0.1) is 0 Å². The average Bonchev–Trinajstić information content (AvgIpc) is 2.79. The number of hydrogen-bond donors (Lipinski definition) is 1. The Bertz CT molecular complexity index is 611. The molecule has 22 heavy (non-hydrogen) atoms. The van der Waals surface area contributed by atoms with E-state index in [2.05, 4.69) is 30.6 Å². The van der Waals surface area contributed by atoms with Crippen molar-refractivity contribution in [3.63, 3.8) is 0 Å². The van der Waals surface area contributed by atoms with E-state index in [9.17, 15) is 8.42 Å². The number of aromatic nitrogens is 2. The normalized spacial score (nSPS) is 23.7. The predicted molar refractivity (Wildman–Crippen MR) is 88.1 cm³/mol. The van der Waals surface area contributed by atoms with E-state index in [1.807, 2.05) is 0 Å². The summed E-state index contributed by atoms with van der Waals surface area (Å²) >= 11 is 0. The molecular formula is C16H29N3O2S. The van der Waals surface area contributed by atoms with Crippen LogP contribution in [0, 0.1) is 18.3 Å². The fourth-order valence-electron chi connectivity index (χ4n) is 3.41. The van der Waals surface area contributed by atoms with Gasteiger partial charge in [0.1, 0.15) is 4.90 Å². The Hall–Kier alpha value is -0.880. The Morgan fingerprint density at radius 3 is 2.36 bits per heavy atom.